The molecule has 1 amide bonds. The van der Waals surface area contributed by atoms with Crippen LogP contribution in [-0.4, -0.2) is 48.4 Å². The van der Waals surface area contributed by atoms with Crippen molar-refractivity contribution >= 4 is 28.8 Å². The van der Waals surface area contributed by atoms with Crippen LogP contribution in [0.2, 0.25) is 0 Å². The van der Waals surface area contributed by atoms with E-state index in [0.717, 1.165) is 68.0 Å². The smallest absolute Gasteiger partial charge is 0.230 e. The first-order chi connectivity index (χ1) is 17.0. The molecule has 3 saturated heterocycles. The molecule has 1 N–H and O–H groups in total. The Morgan fingerprint density at radius 1 is 1.14 bits per heavy atom. The van der Waals surface area contributed by atoms with Gasteiger partial charge in [-0.1, -0.05) is 6.07 Å². The summed E-state index contributed by atoms with van der Waals surface area (Å²) >= 11 is 0. The number of amides is 1. The molecule has 186 valence electrons. The first kappa shape index (κ1) is 22.8. The van der Waals surface area contributed by atoms with E-state index in [2.05, 4.69) is 53.3 Å². The molecule has 2 bridgehead atoms. The fraction of sp³-hybridized carbons (Fsp3) is 0.571. The fourth-order valence-electron chi connectivity index (χ4n) is 6.20. The Kier molecular flexibility index (Phi) is 6.14. The number of carbonyl (C=O) groups is 1. The van der Waals surface area contributed by atoms with Crippen LogP contribution in [0.15, 0.2) is 36.5 Å². The van der Waals surface area contributed by atoms with Gasteiger partial charge < -0.3 is 24.6 Å². The summed E-state index contributed by atoms with van der Waals surface area (Å²) in [4.78, 5) is 23.1. The average molecular weight is 477 g/mol. The Hall–Kier alpha value is -2.64. The predicted molar refractivity (Wildman–Crippen MR) is 137 cm³/mol. The molecule has 35 heavy (non-hydrogen) atoms. The summed E-state index contributed by atoms with van der Waals surface area (Å²) in [5.41, 5.74) is 4.11. The SMILES string of the molecule is CC(C)O[C@H]1CC[C@H](C(=O)N2Cc3cccnc3Nc3ccc(N4C[C@H]5CC[C@@H]4CO5)cc32)CC1. The molecule has 1 saturated carbocycles. The number of benzene rings is 1. The number of hydrogen-bond donors (Lipinski definition) is 1. The third kappa shape index (κ3) is 4.52. The van der Waals surface area contributed by atoms with Gasteiger partial charge >= 0.3 is 0 Å². The van der Waals surface area contributed by atoms with Crippen molar-refractivity contribution in [2.45, 2.75) is 83.3 Å². The Balaban J connectivity index is 1.30. The van der Waals surface area contributed by atoms with Crippen molar-refractivity contribution in [2.75, 3.05) is 28.3 Å². The Bertz CT molecular complexity index is 1070. The zero-order valence-electron chi connectivity index (χ0n) is 20.8. The molecular weight excluding hydrogens is 440 g/mol. The molecule has 1 aromatic heterocycles. The number of ether oxygens (including phenoxy) is 2. The van der Waals surface area contributed by atoms with Crippen molar-refractivity contribution < 1.29 is 14.3 Å². The number of hydrogen-bond acceptors (Lipinski definition) is 6. The lowest BCUT2D eigenvalue weighted by molar-refractivity contribution is -0.124. The van der Waals surface area contributed by atoms with Crippen molar-refractivity contribution in [3.05, 3.63) is 42.1 Å². The van der Waals surface area contributed by atoms with Gasteiger partial charge in [0.2, 0.25) is 5.91 Å². The van der Waals surface area contributed by atoms with Crippen LogP contribution in [0.5, 0.6) is 0 Å². The lowest BCUT2D eigenvalue weighted by Crippen LogP contribution is -2.54. The zero-order valence-corrected chi connectivity index (χ0v) is 20.8. The summed E-state index contributed by atoms with van der Waals surface area (Å²) in [5.74, 6) is 1.07. The van der Waals surface area contributed by atoms with Crippen molar-refractivity contribution in [1.82, 2.24) is 4.98 Å². The summed E-state index contributed by atoms with van der Waals surface area (Å²) in [5, 5.41) is 3.52. The summed E-state index contributed by atoms with van der Waals surface area (Å²) < 4.78 is 12.0. The largest absolute Gasteiger partial charge is 0.376 e. The maximum Gasteiger partial charge on any atom is 0.230 e. The summed E-state index contributed by atoms with van der Waals surface area (Å²) in [7, 11) is 0. The maximum absolute atomic E-state index is 14.0. The van der Waals surface area contributed by atoms with E-state index in [4.69, 9.17) is 9.47 Å². The van der Waals surface area contributed by atoms with Gasteiger partial charge in [-0.3, -0.25) is 4.79 Å². The van der Waals surface area contributed by atoms with Gasteiger partial charge in [-0.15, -0.1) is 0 Å². The number of fused-ring (bicyclic) bond motifs is 5. The molecule has 7 rings (SSSR count). The number of anilines is 4. The molecule has 0 spiro atoms. The maximum atomic E-state index is 14.0. The number of nitrogens with one attached hydrogen (secondary N) is 1. The van der Waals surface area contributed by atoms with Crippen LogP contribution < -0.4 is 15.1 Å². The van der Waals surface area contributed by atoms with Gasteiger partial charge in [0, 0.05) is 29.9 Å². The summed E-state index contributed by atoms with van der Waals surface area (Å²) in [6, 6.07) is 10.9. The van der Waals surface area contributed by atoms with Gasteiger partial charge in [-0.25, -0.2) is 4.98 Å². The highest BCUT2D eigenvalue weighted by molar-refractivity contribution is 6.00. The molecule has 0 unspecified atom stereocenters. The quantitative estimate of drug-likeness (QED) is 0.668. The van der Waals surface area contributed by atoms with E-state index in [1.54, 1.807) is 6.20 Å². The number of piperidine rings is 1. The van der Waals surface area contributed by atoms with Crippen LogP contribution in [0.3, 0.4) is 0 Å². The first-order valence-electron chi connectivity index (χ1n) is 13.2. The van der Waals surface area contributed by atoms with E-state index >= 15 is 0 Å². The molecule has 1 aliphatic carbocycles. The van der Waals surface area contributed by atoms with Crippen LogP contribution in [0.25, 0.3) is 0 Å². The molecule has 4 fully saturated rings. The van der Waals surface area contributed by atoms with E-state index < -0.39 is 0 Å². The molecule has 2 atom stereocenters. The third-order valence-electron chi connectivity index (χ3n) is 8.02. The van der Waals surface area contributed by atoms with E-state index in [9.17, 15) is 4.79 Å². The topological polar surface area (TPSA) is 66.9 Å². The van der Waals surface area contributed by atoms with Crippen LogP contribution >= 0.6 is 0 Å². The van der Waals surface area contributed by atoms with Crippen LogP contribution in [0.1, 0.15) is 57.9 Å². The highest BCUT2D eigenvalue weighted by Gasteiger charge is 2.37. The Labute approximate surface area is 207 Å². The van der Waals surface area contributed by atoms with Crippen LogP contribution in [0, 0.1) is 5.92 Å². The fourth-order valence-corrected chi connectivity index (χ4v) is 6.20. The average Bonchev–Trinajstić information content (AvgIpc) is 3.05. The minimum Gasteiger partial charge on any atom is -0.376 e. The molecule has 7 heteroatoms. The molecule has 5 heterocycles. The predicted octanol–water partition coefficient (Wildman–Crippen LogP) is 5.02. The standard InChI is InChI=1S/C28H36N4O3/c1-18(2)35-23-9-5-19(6-10-23)28(33)32-15-20-4-3-13-29-27(20)30-25-12-8-21(14-26(25)32)31-16-24-11-7-22(31)17-34-24/h3-4,8,12-14,18-19,22-24H,5-7,9-11,15-17H2,1-2H3,(H,29,30)/t19-,22-,23-,24-/m1/s1. The molecule has 5 aliphatic rings. The second-order valence-electron chi connectivity index (χ2n) is 10.8. The molecule has 7 nitrogen and oxygen atoms in total. The van der Waals surface area contributed by atoms with Crippen LogP contribution in [0.4, 0.5) is 22.9 Å². The van der Waals surface area contributed by atoms with Gasteiger partial charge in [-0.05, 0) is 76.6 Å². The van der Waals surface area contributed by atoms with Gasteiger partial charge in [0.05, 0.1) is 48.9 Å². The highest BCUT2D eigenvalue weighted by Crippen LogP contribution is 2.41. The Morgan fingerprint density at radius 2 is 2.00 bits per heavy atom. The van der Waals surface area contributed by atoms with Crippen molar-refractivity contribution in [1.29, 1.82) is 0 Å². The molecule has 4 aliphatic heterocycles. The molecule has 2 aromatic rings. The van der Waals surface area contributed by atoms with Gasteiger partial charge in [0.1, 0.15) is 5.82 Å². The second kappa shape index (κ2) is 9.43. The zero-order chi connectivity index (χ0) is 23.9. The first-order valence-corrected chi connectivity index (χ1v) is 13.2. The third-order valence-corrected chi connectivity index (χ3v) is 8.02. The van der Waals surface area contributed by atoms with Crippen molar-refractivity contribution in [3.8, 4) is 0 Å². The molecule has 0 radical (unpaired) electrons. The van der Waals surface area contributed by atoms with Crippen molar-refractivity contribution in [2.24, 2.45) is 5.92 Å². The van der Waals surface area contributed by atoms with E-state index in [1.807, 2.05) is 11.0 Å². The Morgan fingerprint density at radius 3 is 2.71 bits per heavy atom. The normalized spacial score (nSPS) is 27.7. The number of morpholine rings is 1. The number of rotatable bonds is 4. The number of pyridine rings is 1. The lowest BCUT2D eigenvalue weighted by Gasteiger charge is -2.46. The van der Waals surface area contributed by atoms with E-state index in [1.165, 1.54) is 12.1 Å². The summed E-state index contributed by atoms with van der Waals surface area (Å²) in [6.07, 6.45) is 8.57. The van der Waals surface area contributed by atoms with Crippen LogP contribution in [-0.2, 0) is 20.8 Å². The van der Waals surface area contributed by atoms with E-state index in [-0.39, 0.29) is 24.0 Å². The molecule has 1 aromatic carbocycles. The minimum atomic E-state index is 0.0242. The number of carbonyl (C=O) groups excluding carboxylic acids is 1. The summed E-state index contributed by atoms with van der Waals surface area (Å²) in [6.45, 7) is 6.42. The van der Waals surface area contributed by atoms with Crippen molar-refractivity contribution in [3.63, 3.8) is 0 Å². The highest BCUT2D eigenvalue weighted by atomic mass is 16.5. The minimum absolute atomic E-state index is 0.0242. The number of aromatic nitrogens is 1. The van der Waals surface area contributed by atoms with E-state index in [0.29, 0.717) is 18.7 Å². The van der Waals surface area contributed by atoms with Gasteiger partial charge in [-0.2, -0.15) is 0 Å². The molecular formula is C28H36N4O3. The second-order valence-corrected chi connectivity index (χ2v) is 10.8. The number of nitrogens with zero attached hydrogens (tertiary/aromatic N) is 3. The lowest BCUT2D eigenvalue weighted by atomic mass is 9.86. The van der Waals surface area contributed by atoms with Gasteiger partial charge in [0.25, 0.3) is 0 Å². The van der Waals surface area contributed by atoms with Gasteiger partial charge in [0.15, 0.2) is 0 Å². The monoisotopic (exact) mass is 476 g/mol.